The molecule has 0 bridgehead atoms. The fourth-order valence-corrected chi connectivity index (χ4v) is 10.0. The van der Waals surface area contributed by atoms with Crippen LogP contribution in [-0.2, 0) is 23.7 Å². The second-order valence-electron chi connectivity index (χ2n) is 16.2. The SMILES string of the molecule is CCc1c2c(c(CC)c3c1C(C)(C)c1cc(N(C4=CCCC=C4)c4ccccc4)ccc1-3)C(C)(C)c1cc(N(c3ccccc3)c3ccccc3)ccc1-2. The zero-order valence-electron chi connectivity index (χ0n) is 32.6. The number of hydrogen-bond donors (Lipinski definition) is 0. The Kier molecular flexibility index (Phi) is 8.27. The summed E-state index contributed by atoms with van der Waals surface area (Å²) in [5.41, 5.74) is 21.6. The van der Waals surface area contributed by atoms with E-state index in [9.17, 15) is 0 Å². The molecular weight excluding hydrogens is 653 g/mol. The molecule has 6 aromatic rings. The van der Waals surface area contributed by atoms with Gasteiger partial charge in [0.25, 0.3) is 0 Å². The summed E-state index contributed by atoms with van der Waals surface area (Å²) >= 11 is 0. The Morgan fingerprint density at radius 2 is 0.907 bits per heavy atom. The molecule has 2 heteroatoms. The first-order chi connectivity index (χ1) is 26.3. The molecule has 54 heavy (non-hydrogen) atoms. The van der Waals surface area contributed by atoms with Crippen LogP contribution in [0.4, 0.5) is 28.4 Å². The highest BCUT2D eigenvalue weighted by atomic mass is 15.1. The zero-order valence-corrected chi connectivity index (χ0v) is 32.6. The Morgan fingerprint density at radius 1 is 0.481 bits per heavy atom. The molecule has 0 heterocycles. The first-order valence-corrected chi connectivity index (χ1v) is 19.9. The van der Waals surface area contributed by atoms with Gasteiger partial charge in [-0.25, -0.2) is 0 Å². The van der Waals surface area contributed by atoms with Crippen LogP contribution in [0.5, 0.6) is 0 Å². The minimum absolute atomic E-state index is 0.158. The second-order valence-corrected chi connectivity index (χ2v) is 16.2. The summed E-state index contributed by atoms with van der Waals surface area (Å²) in [6.45, 7) is 14.6. The summed E-state index contributed by atoms with van der Waals surface area (Å²) in [6.07, 6.45) is 11.1. The van der Waals surface area contributed by atoms with Crippen LogP contribution in [0.1, 0.15) is 87.8 Å². The monoisotopic (exact) mass is 702 g/mol. The van der Waals surface area contributed by atoms with E-state index in [-0.39, 0.29) is 10.8 Å². The van der Waals surface area contributed by atoms with Gasteiger partial charge in [-0.05, 0) is 148 Å². The number of benzene rings is 6. The van der Waals surface area contributed by atoms with E-state index in [2.05, 4.69) is 197 Å². The molecule has 0 N–H and O–H groups in total. The summed E-state index contributed by atoms with van der Waals surface area (Å²) in [7, 11) is 0. The maximum absolute atomic E-state index is 2.50. The lowest BCUT2D eigenvalue weighted by molar-refractivity contribution is 0.640. The van der Waals surface area contributed by atoms with E-state index >= 15 is 0 Å². The molecule has 0 aromatic heterocycles. The van der Waals surface area contributed by atoms with Crippen molar-refractivity contribution in [3.63, 3.8) is 0 Å². The number of para-hydroxylation sites is 3. The molecule has 0 atom stereocenters. The third-order valence-corrected chi connectivity index (χ3v) is 12.3. The van der Waals surface area contributed by atoms with Gasteiger partial charge in [-0.15, -0.1) is 0 Å². The summed E-state index contributed by atoms with van der Waals surface area (Å²) in [4.78, 5) is 4.84. The molecule has 6 aromatic carbocycles. The molecule has 0 saturated carbocycles. The average Bonchev–Trinajstić information content (AvgIpc) is 3.58. The molecule has 3 aliphatic carbocycles. The maximum Gasteiger partial charge on any atom is 0.0465 e. The Bertz CT molecular complexity index is 2410. The van der Waals surface area contributed by atoms with Crippen molar-refractivity contribution < 1.29 is 0 Å². The number of anilines is 5. The number of hydrogen-bond acceptors (Lipinski definition) is 2. The topological polar surface area (TPSA) is 6.48 Å². The van der Waals surface area contributed by atoms with Crippen molar-refractivity contribution in [2.75, 3.05) is 9.80 Å². The average molecular weight is 703 g/mol. The Hall–Kier alpha value is -5.60. The van der Waals surface area contributed by atoms with E-state index in [0.29, 0.717) is 0 Å². The van der Waals surface area contributed by atoms with Crippen LogP contribution in [0.2, 0.25) is 0 Å². The van der Waals surface area contributed by atoms with Gasteiger partial charge in [0.05, 0.1) is 0 Å². The van der Waals surface area contributed by atoms with Gasteiger partial charge in [0.2, 0.25) is 0 Å². The molecule has 0 radical (unpaired) electrons. The van der Waals surface area contributed by atoms with Gasteiger partial charge in [0.15, 0.2) is 0 Å². The normalized spacial score (nSPS) is 15.6. The molecule has 2 nitrogen and oxygen atoms in total. The van der Waals surface area contributed by atoms with Gasteiger partial charge < -0.3 is 9.80 Å². The van der Waals surface area contributed by atoms with Crippen molar-refractivity contribution in [2.24, 2.45) is 0 Å². The summed E-state index contributed by atoms with van der Waals surface area (Å²) in [6, 6.07) is 47.0. The Balaban J connectivity index is 1.23. The third-order valence-electron chi connectivity index (χ3n) is 12.3. The molecule has 0 saturated heterocycles. The Labute approximate surface area is 322 Å². The van der Waals surface area contributed by atoms with E-state index in [4.69, 9.17) is 0 Å². The number of allylic oxidation sites excluding steroid dienone is 3. The van der Waals surface area contributed by atoms with Gasteiger partial charge in [0, 0.05) is 45.0 Å². The Morgan fingerprint density at radius 3 is 1.31 bits per heavy atom. The first kappa shape index (κ1) is 34.2. The molecule has 0 unspecified atom stereocenters. The van der Waals surface area contributed by atoms with Gasteiger partial charge in [0.1, 0.15) is 0 Å². The van der Waals surface area contributed by atoms with E-state index in [0.717, 1.165) is 25.7 Å². The second kappa shape index (κ2) is 13.1. The number of rotatable bonds is 8. The first-order valence-electron chi connectivity index (χ1n) is 19.9. The van der Waals surface area contributed by atoms with E-state index < -0.39 is 0 Å². The highest BCUT2D eigenvalue weighted by molar-refractivity contribution is 5.96. The molecule has 0 aliphatic heterocycles. The lowest BCUT2D eigenvalue weighted by Gasteiger charge is -2.31. The lowest BCUT2D eigenvalue weighted by Crippen LogP contribution is -2.22. The van der Waals surface area contributed by atoms with Crippen molar-refractivity contribution in [3.8, 4) is 22.3 Å². The van der Waals surface area contributed by atoms with Gasteiger partial charge >= 0.3 is 0 Å². The molecule has 9 rings (SSSR count). The summed E-state index contributed by atoms with van der Waals surface area (Å²) in [5, 5.41) is 0. The van der Waals surface area contributed by atoms with Crippen LogP contribution in [-0.4, -0.2) is 0 Å². The van der Waals surface area contributed by atoms with E-state index in [1.807, 2.05) is 0 Å². The third kappa shape index (κ3) is 5.14. The van der Waals surface area contributed by atoms with Gasteiger partial charge in [-0.3, -0.25) is 0 Å². The summed E-state index contributed by atoms with van der Waals surface area (Å²) < 4.78 is 0. The fraction of sp³-hybridized carbons (Fsp3) is 0.231. The summed E-state index contributed by atoms with van der Waals surface area (Å²) in [5.74, 6) is 0. The van der Waals surface area contributed by atoms with Crippen molar-refractivity contribution in [1.82, 2.24) is 0 Å². The van der Waals surface area contributed by atoms with Crippen LogP contribution < -0.4 is 9.80 Å². The van der Waals surface area contributed by atoms with Crippen LogP contribution in [0, 0.1) is 0 Å². The predicted octanol–water partition coefficient (Wildman–Crippen LogP) is 14.3. The molecule has 0 spiro atoms. The smallest absolute Gasteiger partial charge is 0.0465 e. The minimum atomic E-state index is -0.166. The largest absolute Gasteiger partial charge is 0.311 e. The van der Waals surface area contributed by atoms with Gasteiger partial charge in [-0.2, -0.15) is 0 Å². The number of nitrogens with zero attached hydrogens (tertiary/aromatic N) is 2. The standard InChI is InChI=1S/C52H50N2/c1-7-41-47-43-31-29-39(53(35-21-13-9-14-22-35)36-23-15-10-16-24-36)33-45(43)52(5,6)50(47)42(8-2)48-44-32-30-40(34-46(44)51(3,4)49(41)48)54(37-25-17-11-18-26-37)38-27-19-12-20-28-38/h9-11,13-19,21-34H,7-8,12,20H2,1-6H3. The number of fused-ring (bicyclic) bond motifs is 6. The van der Waals surface area contributed by atoms with Crippen LogP contribution in [0.15, 0.2) is 151 Å². The minimum Gasteiger partial charge on any atom is -0.311 e. The molecule has 0 fully saturated rings. The highest BCUT2D eigenvalue weighted by Crippen LogP contribution is 2.61. The van der Waals surface area contributed by atoms with Crippen LogP contribution in [0.3, 0.4) is 0 Å². The highest BCUT2D eigenvalue weighted by Gasteiger charge is 2.46. The molecule has 268 valence electrons. The zero-order chi connectivity index (χ0) is 37.2. The van der Waals surface area contributed by atoms with E-state index in [1.165, 1.54) is 89.8 Å². The molecule has 0 amide bonds. The molecule has 3 aliphatic rings. The van der Waals surface area contributed by atoms with Crippen LogP contribution >= 0.6 is 0 Å². The predicted molar refractivity (Wildman–Crippen MR) is 230 cm³/mol. The fourth-order valence-electron chi connectivity index (χ4n) is 10.0. The van der Waals surface area contributed by atoms with Crippen molar-refractivity contribution in [1.29, 1.82) is 0 Å². The van der Waals surface area contributed by atoms with Crippen molar-refractivity contribution in [3.05, 3.63) is 185 Å². The van der Waals surface area contributed by atoms with Crippen LogP contribution in [0.25, 0.3) is 22.3 Å². The van der Waals surface area contributed by atoms with Crippen molar-refractivity contribution >= 4 is 28.4 Å². The van der Waals surface area contributed by atoms with E-state index in [1.54, 1.807) is 0 Å². The van der Waals surface area contributed by atoms with Gasteiger partial charge in [-0.1, -0.05) is 120 Å². The maximum atomic E-state index is 2.50. The molecular formula is C52H50N2. The van der Waals surface area contributed by atoms with Crippen molar-refractivity contribution in [2.45, 2.75) is 78.1 Å². The quantitative estimate of drug-likeness (QED) is 0.156. The lowest BCUT2D eigenvalue weighted by atomic mass is 9.73.